The quantitative estimate of drug-likeness (QED) is 0.445. The summed E-state index contributed by atoms with van der Waals surface area (Å²) in [5.74, 6) is 0. The Bertz CT molecular complexity index is 180. The molecule has 0 spiro atoms. The molecule has 1 aliphatic rings. The van der Waals surface area contributed by atoms with Gasteiger partial charge in [0.15, 0.2) is 0 Å². The van der Waals surface area contributed by atoms with Crippen LogP contribution in [-0.4, -0.2) is 16.0 Å². The van der Waals surface area contributed by atoms with E-state index in [0.29, 0.717) is 10.3 Å². The first-order valence-corrected chi connectivity index (χ1v) is 7.93. The summed E-state index contributed by atoms with van der Waals surface area (Å²) in [5, 5.41) is 1.05. The molecule has 0 nitrogen and oxygen atoms in total. The van der Waals surface area contributed by atoms with Gasteiger partial charge in [0.2, 0.25) is 0 Å². The maximum Gasteiger partial charge on any atom is 0 e. The molecule has 0 radical (unpaired) electrons. The van der Waals surface area contributed by atoms with Crippen LogP contribution in [0, 0.1) is 0 Å². The first kappa shape index (κ1) is 17.1. The molecule has 0 aliphatic heterocycles. The van der Waals surface area contributed by atoms with Gasteiger partial charge in [0.05, 0.1) is 0 Å². The molecule has 1 rings (SSSR count). The minimum Gasteiger partial charge on any atom is -0.0924 e. The molecule has 0 aromatic heterocycles. The van der Waals surface area contributed by atoms with Gasteiger partial charge in [0, 0.05) is 20.4 Å². The molecule has 0 saturated heterocycles. The molecule has 0 N–H and O–H groups in total. The van der Waals surface area contributed by atoms with Crippen LogP contribution in [0.25, 0.3) is 0 Å². The Morgan fingerprint density at radius 1 is 0.750 bits per heavy atom. The van der Waals surface area contributed by atoms with E-state index in [0.717, 1.165) is 5.66 Å². The molecule has 0 aromatic carbocycles. The summed E-state index contributed by atoms with van der Waals surface area (Å²) in [6, 6.07) is 0. The van der Waals surface area contributed by atoms with Crippen molar-refractivity contribution in [2.24, 2.45) is 0 Å². The zero-order valence-corrected chi connectivity index (χ0v) is 14.3. The van der Waals surface area contributed by atoms with Crippen molar-refractivity contribution in [1.82, 2.24) is 0 Å². The van der Waals surface area contributed by atoms with E-state index in [1.807, 2.05) is 0 Å². The van der Waals surface area contributed by atoms with Gasteiger partial charge in [-0.2, -0.15) is 0 Å². The first-order chi connectivity index (χ1) is 6.73. The van der Waals surface area contributed by atoms with Crippen molar-refractivity contribution < 1.29 is 20.4 Å². The van der Waals surface area contributed by atoms with Crippen LogP contribution in [0.1, 0.15) is 73.6 Å². The van der Waals surface area contributed by atoms with Crippen molar-refractivity contribution >= 4 is 7.92 Å². The zero-order chi connectivity index (χ0) is 11.7. The summed E-state index contributed by atoms with van der Waals surface area (Å²) in [6.07, 6.45) is 7.44. The average Bonchev–Trinajstić information content (AvgIpc) is 2.00. The molecule has 2 heteroatoms. The van der Waals surface area contributed by atoms with E-state index in [1.165, 1.54) is 32.1 Å². The fourth-order valence-electron chi connectivity index (χ4n) is 3.44. The minimum absolute atomic E-state index is 0. The van der Waals surface area contributed by atoms with Crippen LogP contribution in [0.2, 0.25) is 0 Å². The van der Waals surface area contributed by atoms with Crippen LogP contribution in [0.4, 0.5) is 0 Å². The third-order valence-corrected chi connectivity index (χ3v) is 7.52. The van der Waals surface area contributed by atoms with Gasteiger partial charge < -0.3 is 0 Å². The van der Waals surface area contributed by atoms with Crippen LogP contribution in [0.3, 0.4) is 0 Å². The molecule has 0 atom stereocenters. The summed E-state index contributed by atoms with van der Waals surface area (Å²) >= 11 is 0. The van der Waals surface area contributed by atoms with E-state index < -0.39 is 0 Å². The van der Waals surface area contributed by atoms with Gasteiger partial charge in [-0.15, -0.1) is 0 Å². The fraction of sp³-hybridized carbons (Fsp3) is 1.00. The van der Waals surface area contributed by atoms with Crippen LogP contribution in [0.5, 0.6) is 0 Å². The van der Waals surface area contributed by atoms with Crippen LogP contribution >= 0.6 is 7.92 Å². The Hall–Kier alpha value is 1.09. The minimum atomic E-state index is 0. The molecule has 0 heterocycles. The van der Waals surface area contributed by atoms with Gasteiger partial charge in [0.25, 0.3) is 0 Å². The second-order valence-corrected chi connectivity index (χ2v) is 11.2. The molecule has 0 unspecified atom stereocenters. The SMILES string of the molecule is CC(C)(C)P(C1CCCCC1)C(C)(C)C.[Pd]. The van der Waals surface area contributed by atoms with Crippen molar-refractivity contribution in [3.8, 4) is 0 Å². The van der Waals surface area contributed by atoms with Crippen LogP contribution < -0.4 is 0 Å². The Balaban J connectivity index is 0.00000225. The predicted octanol–water partition coefficient (Wildman–Crippen LogP) is 5.40. The summed E-state index contributed by atoms with van der Waals surface area (Å²) in [4.78, 5) is 0. The summed E-state index contributed by atoms with van der Waals surface area (Å²) in [5.41, 5.74) is 1.04. The molecule has 100 valence electrons. The molecule has 0 bridgehead atoms. The number of hydrogen-bond acceptors (Lipinski definition) is 0. The Kier molecular flexibility index (Phi) is 6.75. The maximum absolute atomic E-state index is 2.46. The van der Waals surface area contributed by atoms with Gasteiger partial charge in [0.1, 0.15) is 0 Å². The van der Waals surface area contributed by atoms with E-state index in [-0.39, 0.29) is 28.3 Å². The smallest absolute Gasteiger partial charge is 0 e. The Morgan fingerprint density at radius 2 is 1.12 bits per heavy atom. The van der Waals surface area contributed by atoms with Gasteiger partial charge in [-0.1, -0.05) is 68.7 Å². The fourth-order valence-corrected chi connectivity index (χ4v) is 8.53. The Morgan fingerprint density at radius 3 is 1.44 bits per heavy atom. The standard InChI is InChI=1S/C14H29P.Pd/c1-13(2,3)15(14(4,5)6)12-10-8-7-9-11-12;/h12H,7-11H2,1-6H3;. The number of hydrogen-bond donors (Lipinski definition) is 0. The number of rotatable bonds is 1. The van der Waals surface area contributed by atoms with Crippen molar-refractivity contribution in [2.75, 3.05) is 0 Å². The molecular weight excluding hydrogens is 306 g/mol. The van der Waals surface area contributed by atoms with Crippen LogP contribution in [-0.2, 0) is 20.4 Å². The second kappa shape index (κ2) is 6.32. The van der Waals surface area contributed by atoms with E-state index in [2.05, 4.69) is 41.5 Å². The topological polar surface area (TPSA) is 0 Å². The van der Waals surface area contributed by atoms with Crippen molar-refractivity contribution in [3.05, 3.63) is 0 Å². The molecule has 1 aliphatic carbocycles. The average molecular weight is 335 g/mol. The summed E-state index contributed by atoms with van der Waals surface area (Å²) < 4.78 is 0. The second-order valence-electron chi connectivity index (χ2n) is 7.00. The van der Waals surface area contributed by atoms with E-state index in [4.69, 9.17) is 0 Å². The van der Waals surface area contributed by atoms with Crippen molar-refractivity contribution in [2.45, 2.75) is 89.6 Å². The van der Waals surface area contributed by atoms with Gasteiger partial charge in [-0.25, -0.2) is 0 Å². The predicted molar refractivity (Wildman–Crippen MR) is 73.3 cm³/mol. The van der Waals surface area contributed by atoms with Gasteiger partial charge >= 0.3 is 0 Å². The molecule has 1 fully saturated rings. The molecular formula is C14H29PPd. The monoisotopic (exact) mass is 334 g/mol. The van der Waals surface area contributed by atoms with E-state index >= 15 is 0 Å². The third kappa shape index (κ3) is 4.76. The largest absolute Gasteiger partial charge is 0.0924 e. The Labute approximate surface area is 118 Å². The van der Waals surface area contributed by atoms with Crippen LogP contribution in [0.15, 0.2) is 0 Å². The summed E-state index contributed by atoms with van der Waals surface area (Å²) in [7, 11) is 0.139. The summed E-state index contributed by atoms with van der Waals surface area (Å²) in [6.45, 7) is 14.7. The first-order valence-electron chi connectivity index (χ1n) is 6.52. The molecule has 0 amide bonds. The molecule has 0 aromatic rings. The van der Waals surface area contributed by atoms with E-state index in [9.17, 15) is 0 Å². The van der Waals surface area contributed by atoms with Crippen molar-refractivity contribution in [3.63, 3.8) is 0 Å². The normalized spacial score (nSPS) is 19.7. The van der Waals surface area contributed by atoms with Gasteiger partial charge in [-0.05, 0) is 28.8 Å². The van der Waals surface area contributed by atoms with Crippen molar-refractivity contribution in [1.29, 1.82) is 0 Å². The molecule has 16 heavy (non-hydrogen) atoms. The molecule has 1 saturated carbocycles. The maximum atomic E-state index is 2.46. The third-order valence-electron chi connectivity index (χ3n) is 3.39. The zero-order valence-electron chi connectivity index (χ0n) is 11.9. The van der Waals surface area contributed by atoms with E-state index in [1.54, 1.807) is 0 Å². The van der Waals surface area contributed by atoms with Gasteiger partial charge in [-0.3, -0.25) is 0 Å².